The van der Waals surface area contributed by atoms with Gasteiger partial charge in [-0.3, -0.25) is 4.79 Å². The molecular formula is C11H12BrNO3S. The van der Waals surface area contributed by atoms with Crippen molar-refractivity contribution in [3.63, 3.8) is 0 Å². The monoisotopic (exact) mass is 317 g/mol. The van der Waals surface area contributed by atoms with E-state index in [-0.39, 0.29) is 5.91 Å². The zero-order valence-electron chi connectivity index (χ0n) is 9.14. The van der Waals surface area contributed by atoms with Crippen molar-refractivity contribution in [2.75, 3.05) is 5.75 Å². The second-order valence-corrected chi connectivity index (χ2v) is 5.37. The zero-order valence-corrected chi connectivity index (χ0v) is 11.5. The number of hydrogen-bond donors (Lipinski definition) is 2. The van der Waals surface area contributed by atoms with Gasteiger partial charge in [-0.1, -0.05) is 15.9 Å². The summed E-state index contributed by atoms with van der Waals surface area (Å²) < 4.78 is 0.971. The first-order valence-corrected chi connectivity index (χ1v) is 6.65. The van der Waals surface area contributed by atoms with E-state index in [4.69, 9.17) is 5.11 Å². The minimum absolute atomic E-state index is 0.302. The Kier molecular flexibility index (Phi) is 5.50. The summed E-state index contributed by atoms with van der Waals surface area (Å²) in [5.41, 5.74) is 0. The van der Waals surface area contributed by atoms with E-state index in [1.165, 1.54) is 18.7 Å². The Balaban J connectivity index is 2.54. The second-order valence-electron chi connectivity index (χ2n) is 3.36. The van der Waals surface area contributed by atoms with E-state index in [1.54, 1.807) is 0 Å². The minimum Gasteiger partial charge on any atom is -0.480 e. The van der Waals surface area contributed by atoms with Gasteiger partial charge in [-0.05, 0) is 24.3 Å². The summed E-state index contributed by atoms with van der Waals surface area (Å²) in [6.07, 6.45) is 0. The summed E-state index contributed by atoms with van der Waals surface area (Å²) in [7, 11) is 0. The smallest absolute Gasteiger partial charge is 0.327 e. The molecule has 1 amide bonds. The summed E-state index contributed by atoms with van der Waals surface area (Å²) in [4.78, 5) is 22.7. The number of carbonyl (C=O) groups excluding carboxylic acids is 1. The van der Waals surface area contributed by atoms with Gasteiger partial charge in [0.2, 0.25) is 5.91 Å². The van der Waals surface area contributed by atoms with Crippen LogP contribution in [0.15, 0.2) is 33.6 Å². The number of thioether (sulfide) groups is 1. The molecule has 0 heterocycles. The molecule has 0 aliphatic heterocycles. The lowest BCUT2D eigenvalue weighted by atomic mass is 10.3. The normalized spacial score (nSPS) is 11.9. The van der Waals surface area contributed by atoms with Crippen molar-refractivity contribution in [1.29, 1.82) is 0 Å². The fourth-order valence-corrected chi connectivity index (χ4v) is 2.31. The lowest BCUT2D eigenvalue weighted by Crippen LogP contribution is -2.41. The summed E-state index contributed by atoms with van der Waals surface area (Å²) in [5, 5.41) is 11.3. The molecule has 1 aromatic rings. The molecule has 17 heavy (non-hydrogen) atoms. The molecule has 1 rings (SSSR count). The summed E-state index contributed by atoms with van der Waals surface area (Å²) in [6, 6.07) is 6.69. The van der Waals surface area contributed by atoms with Gasteiger partial charge in [0.1, 0.15) is 6.04 Å². The van der Waals surface area contributed by atoms with E-state index in [0.29, 0.717) is 5.75 Å². The van der Waals surface area contributed by atoms with Crippen molar-refractivity contribution in [1.82, 2.24) is 5.32 Å². The SMILES string of the molecule is CC(=O)N[C@@H](CSc1ccc(Br)cc1)C(=O)O. The van der Waals surface area contributed by atoms with Crippen LogP contribution in [-0.4, -0.2) is 28.8 Å². The van der Waals surface area contributed by atoms with Gasteiger partial charge in [-0.2, -0.15) is 0 Å². The largest absolute Gasteiger partial charge is 0.480 e. The molecule has 0 unspecified atom stereocenters. The number of hydrogen-bond acceptors (Lipinski definition) is 3. The molecule has 6 heteroatoms. The van der Waals surface area contributed by atoms with Gasteiger partial charge in [-0.25, -0.2) is 4.79 Å². The highest BCUT2D eigenvalue weighted by Gasteiger charge is 2.18. The van der Waals surface area contributed by atoms with Crippen LogP contribution in [0.4, 0.5) is 0 Å². The molecule has 0 radical (unpaired) electrons. The lowest BCUT2D eigenvalue weighted by Gasteiger charge is -2.12. The summed E-state index contributed by atoms with van der Waals surface area (Å²) >= 11 is 4.71. The molecule has 0 saturated heterocycles. The van der Waals surface area contributed by atoms with Crippen LogP contribution >= 0.6 is 27.7 Å². The van der Waals surface area contributed by atoms with Crippen molar-refractivity contribution in [3.8, 4) is 0 Å². The third-order valence-electron chi connectivity index (χ3n) is 1.91. The maximum atomic E-state index is 10.9. The van der Waals surface area contributed by atoms with Crippen molar-refractivity contribution >= 4 is 39.6 Å². The maximum Gasteiger partial charge on any atom is 0.327 e. The number of amides is 1. The fourth-order valence-electron chi connectivity index (χ4n) is 1.13. The van der Waals surface area contributed by atoms with Gasteiger partial charge >= 0.3 is 5.97 Å². The molecule has 0 aliphatic rings. The Morgan fingerprint density at radius 3 is 2.47 bits per heavy atom. The number of aliphatic carboxylic acids is 1. The van der Waals surface area contributed by atoms with Crippen LogP contribution in [0.25, 0.3) is 0 Å². The van der Waals surface area contributed by atoms with Crippen LogP contribution in [0.1, 0.15) is 6.92 Å². The molecular weight excluding hydrogens is 306 g/mol. The van der Waals surface area contributed by atoms with Crippen LogP contribution < -0.4 is 5.32 Å². The fraction of sp³-hybridized carbons (Fsp3) is 0.273. The van der Waals surface area contributed by atoms with E-state index >= 15 is 0 Å². The number of benzene rings is 1. The van der Waals surface area contributed by atoms with Crippen LogP contribution in [0.2, 0.25) is 0 Å². The van der Waals surface area contributed by atoms with Gasteiger partial charge in [0.05, 0.1) is 0 Å². The number of halogens is 1. The maximum absolute atomic E-state index is 10.9. The highest BCUT2D eigenvalue weighted by Crippen LogP contribution is 2.21. The van der Waals surface area contributed by atoms with Crippen molar-refractivity contribution in [2.24, 2.45) is 0 Å². The molecule has 0 aromatic heterocycles. The second kappa shape index (κ2) is 6.66. The lowest BCUT2D eigenvalue weighted by molar-refractivity contribution is -0.140. The predicted octanol–water partition coefficient (Wildman–Crippen LogP) is 2.13. The molecule has 1 aromatic carbocycles. The van der Waals surface area contributed by atoms with Gasteiger partial charge in [-0.15, -0.1) is 11.8 Å². The average molecular weight is 318 g/mol. The summed E-state index contributed by atoms with van der Waals surface area (Å²) in [5.74, 6) is -1.06. The van der Waals surface area contributed by atoms with E-state index in [1.807, 2.05) is 24.3 Å². The molecule has 92 valence electrons. The van der Waals surface area contributed by atoms with Crippen molar-refractivity contribution < 1.29 is 14.7 Å². The first kappa shape index (κ1) is 14.1. The predicted molar refractivity (Wildman–Crippen MR) is 70.1 cm³/mol. The van der Waals surface area contributed by atoms with E-state index in [2.05, 4.69) is 21.2 Å². The highest BCUT2D eigenvalue weighted by molar-refractivity contribution is 9.10. The number of carbonyl (C=O) groups is 2. The molecule has 0 saturated carbocycles. The van der Waals surface area contributed by atoms with Crippen LogP contribution in [-0.2, 0) is 9.59 Å². The first-order valence-electron chi connectivity index (χ1n) is 4.87. The third kappa shape index (κ3) is 5.23. The Bertz CT molecular complexity index is 408. The van der Waals surface area contributed by atoms with Crippen molar-refractivity contribution in [2.45, 2.75) is 17.9 Å². The number of nitrogens with one attached hydrogen (secondary N) is 1. The standard InChI is InChI=1S/C11H12BrNO3S/c1-7(14)13-10(11(15)16)6-17-9-4-2-8(12)3-5-9/h2-5,10H,6H2,1H3,(H,13,14)(H,15,16)/t10-/m0/s1. The van der Waals surface area contributed by atoms with Crippen LogP contribution in [0, 0.1) is 0 Å². The molecule has 0 fully saturated rings. The van der Waals surface area contributed by atoms with Crippen LogP contribution in [0.5, 0.6) is 0 Å². The van der Waals surface area contributed by atoms with Gasteiger partial charge in [0, 0.05) is 22.0 Å². The van der Waals surface area contributed by atoms with Gasteiger partial charge in [0.25, 0.3) is 0 Å². The Morgan fingerprint density at radius 2 is 2.00 bits per heavy atom. The van der Waals surface area contributed by atoms with Crippen LogP contribution in [0.3, 0.4) is 0 Å². The molecule has 0 aliphatic carbocycles. The molecule has 0 bridgehead atoms. The first-order chi connectivity index (χ1) is 7.99. The van der Waals surface area contributed by atoms with Gasteiger partial charge < -0.3 is 10.4 Å². The minimum atomic E-state index is -1.02. The topological polar surface area (TPSA) is 66.4 Å². The number of rotatable bonds is 5. The Hall–Kier alpha value is -1.01. The molecule has 2 N–H and O–H groups in total. The van der Waals surface area contributed by atoms with E-state index in [9.17, 15) is 9.59 Å². The number of carboxylic acids is 1. The molecule has 0 spiro atoms. The van der Waals surface area contributed by atoms with E-state index in [0.717, 1.165) is 9.37 Å². The van der Waals surface area contributed by atoms with Crippen molar-refractivity contribution in [3.05, 3.63) is 28.7 Å². The Labute approximate surface area is 112 Å². The quantitative estimate of drug-likeness (QED) is 0.816. The average Bonchev–Trinajstić information content (AvgIpc) is 2.25. The summed E-state index contributed by atoms with van der Waals surface area (Å²) in [6.45, 7) is 1.31. The third-order valence-corrected chi connectivity index (χ3v) is 3.54. The zero-order chi connectivity index (χ0) is 12.8. The molecule has 4 nitrogen and oxygen atoms in total. The Morgan fingerprint density at radius 1 is 1.41 bits per heavy atom. The highest BCUT2D eigenvalue weighted by atomic mass is 79.9. The molecule has 1 atom stereocenters. The number of carboxylic acid groups (broad SMARTS) is 1. The van der Waals surface area contributed by atoms with E-state index < -0.39 is 12.0 Å². The van der Waals surface area contributed by atoms with Gasteiger partial charge in [0.15, 0.2) is 0 Å².